The van der Waals surface area contributed by atoms with Gasteiger partial charge in [0.05, 0.1) is 5.54 Å². The molecule has 0 fully saturated rings. The Morgan fingerprint density at radius 1 is 1.36 bits per heavy atom. The molecular weight excluding hydrogens is 281 g/mol. The molecule has 1 aliphatic heterocycles. The van der Waals surface area contributed by atoms with Crippen molar-refractivity contribution in [3.8, 4) is 0 Å². The van der Waals surface area contributed by atoms with Gasteiger partial charge in [-0.3, -0.25) is 10.2 Å². The zero-order valence-electron chi connectivity index (χ0n) is 13.8. The number of nitrogens with two attached hydrogens (primary N) is 1. The number of hydrazine groups is 1. The number of halogens is 1. The van der Waals surface area contributed by atoms with Crippen LogP contribution in [0.1, 0.15) is 40.2 Å². The van der Waals surface area contributed by atoms with Crippen LogP contribution < -0.4 is 16.2 Å². The summed E-state index contributed by atoms with van der Waals surface area (Å²) < 4.78 is 13.6. The SMILES string of the molecule is CC1=CC(C)(C)N([C@H](C(=O)NN)C(C)C)c2ccc(F)cc21. The molecule has 5 heteroatoms. The molecule has 120 valence electrons. The van der Waals surface area contributed by atoms with Gasteiger partial charge < -0.3 is 4.90 Å². The second-order valence-corrected chi connectivity index (χ2v) is 6.71. The van der Waals surface area contributed by atoms with Crippen LogP contribution in [0.15, 0.2) is 24.3 Å². The maximum Gasteiger partial charge on any atom is 0.256 e. The Bertz CT molecular complexity index is 622. The highest BCUT2D eigenvalue weighted by Gasteiger charge is 2.40. The zero-order valence-corrected chi connectivity index (χ0v) is 13.8. The Labute approximate surface area is 131 Å². The summed E-state index contributed by atoms with van der Waals surface area (Å²) in [7, 11) is 0. The number of nitrogens with zero attached hydrogens (tertiary/aromatic N) is 1. The predicted molar refractivity (Wildman–Crippen MR) is 87.6 cm³/mol. The number of amides is 1. The summed E-state index contributed by atoms with van der Waals surface area (Å²) in [6.07, 6.45) is 2.06. The standard InChI is InChI=1S/C17H24FN3O/c1-10(2)15(16(22)20-19)21-14-7-6-12(18)8-13(14)11(3)9-17(21,4)5/h6-10,15H,19H2,1-5H3,(H,20,22)/t15-/m0/s1. The maximum atomic E-state index is 13.6. The Morgan fingerprint density at radius 2 is 2.00 bits per heavy atom. The number of fused-ring (bicyclic) bond motifs is 1. The smallest absolute Gasteiger partial charge is 0.256 e. The highest BCUT2D eigenvalue weighted by molar-refractivity contribution is 5.90. The molecule has 2 rings (SSSR count). The molecule has 0 spiro atoms. The average Bonchev–Trinajstić information content (AvgIpc) is 2.42. The molecule has 3 N–H and O–H groups in total. The summed E-state index contributed by atoms with van der Waals surface area (Å²) in [5.41, 5.74) is 4.56. The van der Waals surface area contributed by atoms with Gasteiger partial charge >= 0.3 is 0 Å². The quantitative estimate of drug-likeness (QED) is 0.513. The van der Waals surface area contributed by atoms with Crippen molar-refractivity contribution in [1.29, 1.82) is 0 Å². The van der Waals surface area contributed by atoms with E-state index in [1.54, 1.807) is 6.07 Å². The Morgan fingerprint density at radius 3 is 2.55 bits per heavy atom. The average molecular weight is 305 g/mol. The summed E-state index contributed by atoms with van der Waals surface area (Å²) in [6, 6.07) is 4.25. The van der Waals surface area contributed by atoms with Crippen molar-refractivity contribution >= 4 is 17.2 Å². The van der Waals surface area contributed by atoms with Crippen LogP contribution in [0, 0.1) is 11.7 Å². The fourth-order valence-corrected chi connectivity index (χ4v) is 3.33. The van der Waals surface area contributed by atoms with Gasteiger partial charge in [0, 0.05) is 11.3 Å². The Hall–Kier alpha value is -1.88. The monoisotopic (exact) mass is 305 g/mol. The van der Waals surface area contributed by atoms with Gasteiger partial charge in [-0.2, -0.15) is 0 Å². The summed E-state index contributed by atoms with van der Waals surface area (Å²) in [5, 5.41) is 0. The summed E-state index contributed by atoms with van der Waals surface area (Å²) >= 11 is 0. The summed E-state index contributed by atoms with van der Waals surface area (Å²) in [5.74, 6) is 4.90. The lowest BCUT2D eigenvalue weighted by molar-refractivity contribution is -0.123. The lowest BCUT2D eigenvalue weighted by atomic mass is 9.85. The molecule has 1 aromatic carbocycles. The highest BCUT2D eigenvalue weighted by atomic mass is 19.1. The molecule has 0 aromatic heterocycles. The van der Waals surface area contributed by atoms with E-state index in [9.17, 15) is 9.18 Å². The summed E-state index contributed by atoms with van der Waals surface area (Å²) in [4.78, 5) is 14.4. The fourth-order valence-electron chi connectivity index (χ4n) is 3.33. The molecule has 0 radical (unpaired) electrons. The van der Waals surface area contributed by atoms with E-state index in [0.717, 1.165) is 16.8 Å². The molecule has 4 nitrogen and oxygen atoms in total. The van der Waals surface area contributed by atoms with Crippen LogP contribution in [-0.4, -0.2) is 17.5 Å². The van der Waals surface area contributed by atoms with E-state index in [1.807, 2.05) is 39.5 Å². The molecular formula is C17H24FN3O. The third kappa shape index (κ3) is 2.73. The third-order valence-electron chi connectivity index (χ3n) is 4.15. The van der Waals surface area contributed by atoms with E-state index in [4.69, 9.17) is 5.84 Å². The predicted octanol–water partition coefficient (Wildman–Crippen LogP) is 2.84. The van der Waals surface area contributed by atoms with Gasteiger partial charge in [0.25, 0.3) is 5.91 Å². The van der Waals surface area contributed by atoms with Gasteiger partial charge in [-0.25, -0.2) is 10.2 Å². The number of allylic oxidation sites excluding steroid dienone is 1. The first-order valence-corrected chi connectivity index (χ1v) is 7.48. The topological polar surface area (TPSA) is 58.4 Å². The largest absolute Gasteiger partial charge is 0.350 e. The van der Waals surface area contributed by atoms with Gasteiger partial charge in [-0.05, 0) is 50.5 Å². The van der Waals surface area contributed by atoms with Gasteiger partial charge in [-0.15, -0.1) is 0 Å². The van der Waals surface area contributed by atoms with Crippen LogP contribution in [0.4, 0.5) is 10.1 Å². The van der Waals surface area contributed by atoms with E-state index < -0.39 is 6.04 Å². The van der Waals surface area contributed by atoms with Crippen molar-refractivity contribution in [3.05, 3.63) is 35.7 Å². The zero-order chi connectivity index (χ0) is 16.7. The normalized spacial score (nSPS) is 17.8. The number of rotatable bonds is 3. The first-order chi connectivity index (χ1) is 10.2. The Balaban J connectivity index is 2.65. The third-order valence-corrected chi connectivity index (χ3v) is 4.15. The number of benzene rings is 1. The lowest BCUT2D eigenvalue weighted by Crippen LogP contribution is -2.59. The van der Waals surface area contributed by atoms with Crippen molar-refractivity contribution in [3.63, 3.8) is 0 Å². The molecule has 0 saturated heterocycles. The molecule has 1 aromatic rings. The van der Waals surface area contributed by atoms with Gasteiger partial charge in [-0.1, -0.05) is 19.9 Å². The minimum Gasteiger partial charge on any atom is -0.350 e. The van der Waals surface area contributed by atoms with E-state index in [0.29, 0.717) is 0 Å². The minimum atomic E-state index is -0.437. The van der Waals surface area contributed by atoms with Crippen molar-refractivity contribution in [2.24, 2.45) is 11.8 Å². The number of hydrogen-bond acceptors (Lipinski definition) is 3. The maximum absolute atomic E-state index is 13.6. The van der Waals surface area contributed by atoms with Crippen LogP contribution in [-0.2, 0) is 4.79 Å². The van der Waals surface area contributed by atoms with E-state index in [1.165, 1.54) is 12.1 Å². The molecule has 0 aliphatic carbocycles. The number of carbonyl (C=O) groups is 1. The molecule has 1 aliphatic rings. The molecule has 1 heterocycles. The van der Waals surface area contributed by atoms with E-state index in [-0.39, 0.29) is 23.2 Å². The fraction of sp³-hybridized carbons (Fsp3) is 0.471. The highest BCUT2D eigenvalue weighted by Crippen LogP contribution is 2.41. The van der Waals surface area contributed by atoms with Crippen molar-refractivity contribution in [1.82, 2.24) is 5.43 Å². The van der Waals surface area contributed by atoms with Crippen LogP contribution in [0.5, 0.6) is 0 Å². The van der Waals surface area contributed by atoms with E-state index >= 15 is 0 Å². The van der Waals surface area contributed by atoms with Crippen LogP contribution >= 0.6 is 0 Å². The number of carbonyl (C=O) groups excluding carboxylic acids is 1. The first-order valence-electron chi connectivity index (χ1n) is 7.48. The number of anilines is 1. The van der Waals surface area contributed by atoms with Gasteiger partial charge in [0.15, 0.2) is 0 Å². The lowest BCUT2D eigenvalue weighted by Gasteiger charge is -2.48. The first kappa shape index (κ1) is 16.5. The van der Waals surface area contributed by atoms with Gasteiger partial charge in [0.2, 0.25) is 0 Å². The van der Waals surface area contributed by atoms with Crippen molar-refractivity contribution in [2.45, 2.75) is 46.2 Å². The molecule has 0 bridgehead atoms. The van der Waals surface area contributed by atoms with Crippen LogP contribution in [0.25, 0.3) is 5.57 Å². The molecule has 1 amide bonds. The number of hydrogen-bond donors (Lipinski definition) is 2. The molecule has 22 heavy (non-hydrogen) atoms. The minimum absolute atomic E-state index is 0.0486. The molecule has 1 atom stereocenters. The van der Waals surface area contributed by atoms with Crippen molar-refractivity contribution < 1.29 is 9.18 Å². The molecule has 0 saturated carbocycles. The van der Waals surface area contributed by atoms with Crippen LogP contribution in [0.2, 0.25) is 0 Å². The molecule has 0 unspecified atom stereocenters. The second kappa shape index (κ2) is 5.72. The number of nitrogens with one attached hydrogen (secondary N) is 1. The Kier molecular flexibility index (Phi) is 4.29. The second-order valence-electron chi connectivity index (χ2n) is 6.71. The van der Waals surface area contributed by atoms with Crippen molar-refractivity contribution in [2.75, 3.05) is 4.90 Å². The summed E-state index contributed by atoms with van der Waals surface area (Å²) in [6.45, 7) is 10.0. The van der Waals surface area contributed by atoms with Gasteiger partial charge in [0.1, 0.15) is 11.9 Å². The van der Waals surface area contributed by atoms with E-state index in [2.05, 4.69) is 11.5 Å². The van der Waals surface area contributed by atoms with Crippen LogP contribution in [0.3, 0.4) is 0 Å².